The van der Waals surface area contributed by atoms with E-state index < -0.39 is 0 Å². The van der Waals surface area contributed by atoms with E-state index in [9.17, 15) is 0 Å². The second kappa shape index (κ2) is 5.46. The summed E-state index contributed by atoms with van der Waals surface area (Å²) in [5, 5.41) is 14.7. The molecule has 0 radical (unpaired) electrons. The molecule has 3 heteroatoms. The highest BCUT2D eigenvalue weighted by molar-refractivity contribution is 7.99. The maximum Gasteiger partial charge on any atom is 0.0261 e. The zero-order chi connectivity index (χ0) is 12.1. The Labute approximate surface area is 105 Å². The molecule has 0 aromatic heterocycles. The topological polar surface area (TPSA) is 47.7 Å². The fourth-order valence-corrected chi connectivity index (χ4v) is 2.52. The molecule has 84 valence electrons. The fraction of sp³-hybridized carbons (Fsp3) is 0. The predicted molar refractivity (Wildman–Crippen MR) is 72.8 cm³/mol. The Bertz CT molecular complexity index is 500. The smallest absolute Gasteiger partial charge is 0.0261 e. The Morgan fingerprint density at radius 1 is 0.706 bits per heavy atom. The van der Waals surface area contributed by atoms with E-state index >= 15 is 0 Å². The first-order valence-corrected chi connectivity index (χ1v) is 6.03. The second-order valence-electron chi connectivity index (χ2n) is 3.47. The Morgan fingerprint density at radius 2 is 1.12 bits per heavy atom. The van der Waals surface area contributed by atoms with Gasteiger partial charge in [-0.05, 0) is 12.1 Å². The SMILES string of the molecule is N=Cc1ccccc1Sc1ccccc1C=N. The lowest BCUT2D eigenvalue weighted by Gasteiger charge is -2.07. The molecule has 0 atom stereocenters. The minimum absolute atomic E-state index is 0.900. The lowest BCUT2D eigenvalue weighted by molar-refractivity contribution is 1.36. The Morgan fingerprint density at radius 3 is 1.53 bits per heavy atom. The lowest BCUT2D eigenvalue weighted by atomic mass is 10.2. The van der Waals surface area contributed by atoms with Crippen molar-refractivity contribution in [1.82, 2.24) is 0 Å². The summed E-state index contributed by atoms with van der Waals surface area (Å²) in [7, 11) is 0. The van der Waals surface area contributed by atoms with E-state index in [1.54, 1.807) is 11.8 Å². The number of rotatable bonds is 4. The maximum absolute atomic E-state index is 7.37. The van der Waals surface area contributed by atoms with Gasteiger partial charge in [0.15, 0.2) is 0 Å². The van der Waals surface area contributed by atoms with Gasteiger partial charge < -0.3 is 10.8 Å². The van der Waals surface area contributed by atoms with Gasteiger partial charge in [0.05, 0.1) is 0 Å². The van der Waals surface area contributed by atoms with Crippen LogP contribution in [-0.4, -0.2) is 12.4 Å². The number of hydrogen-bond donors (Lipinski definition) is 2. The van der Waals surface area contributed by atoms with Gasteiger partial charge in [-0.25, -0.2) is 0 Å². The molecule has 0 saturated heterocycles. The second-order valence-corrected chi connectivity index (χ2v) is 4.55. The van der Waals surface area contributed by atoms with Crippen LogP contribution in [-0.2, 0) is 0 Å². The van der Waals surface area contributed by atoms with Crippen LogP contribution in [0.3, 0.4) is 0 Å². The number of nitrogens with one attached hydrogen (secondary N) is 2. The molecule has 2 rings (SSSR count). The molecule has 0 bridgehead atoms. The third kappa shape index (κ3) is 2.63. The van der Waals surface area contributed by atoms with Crippen molar-refractivity contribution in [2.45, 2.75) is 9.79 Å². The van der Waals surface area contributed by atoms with Crippen molar-refractivity contribution in [2.24, 2.45) is 0 Å². The van der Waals surface area contributed by atoms with Crippen molar-refractivity contribution in [3.8, 4) is 0 Å². The third-order valence-corrected chi connectivity index (χ3v) is 3.55. The molecular formula is C14H12N2S. The average Bonchev–Trinajstić information content (AvgIpc) is 2.40. The third-order valence-electron chi connectivity index (χ3n) is 2.37. The maximum atomic E-state index is 7.37. The fourth-order valence-electron chi connectivity index (χ4n) is 1.50. The van der Waals surface area contributed by atoms with E-state index in [4.69, 9.17) is 10.8 Å². The molecule has 0 aliphatic rings. The van der Waals surface area contributed by atoms with E-state index in [0.29, 0.717) is 0 Å². The highest BCUT2D eigenvalue weighted by Crippen LogP contribution is 2.31. The van der Waals surface area contributed by atoms with Gasteiger partial charge in [-0.2, -0.15) is 0 Å². The summed E-state index contributed by atoms with van der Waals surface area (Å²) in [5.41, 5.74) is 1.80. The van der Waals surface area contributed by atoms with Crippen molar-refractivity contribution in [1.29, 1.82) is 10.8 Å². The molecular weight excluding hydrogens is 228 g/mol. The molecule has 0 saturated carbocycles. The van der Waals surface area contributed by atoms with Gasteiger partial charge in [-0.15, -0.1) is 0 Å². The monoisotopic (exact) mass is 240 g/mol. The van der Waals surface area contributed by atoms with Crippen LogP contribution < -0.4 is 0 Å². The molecule has 17 heavy (non-hydrogen) atoms. The number of benzene rings is 2. The molecule has 0 amide bonds. The summed E-state index contributed by atoms with van der Waals surface area (Å²) in [6, 6.07) is 15.6. The Hall–Kier alpha value is -1.87. The molecule has 0 heterocycles. The van der Waals surface area contributed by atoms with Crippen LogP contribution in [0.25, 0.3) is 0 Å². The van der Waals surface area contributed by atoms with Gasteiger partial charge in [0.2, 0.25) is 0 Å². The highest BCUT2D eigenvalue weighted by atomic mass is 32.2. The van der Waals surface area contributed by atoms with Crippen LogP contribution in [0.4, 0.5) is 0 Å². The first-order chi connectivity index (χ1) is 8.35. The van der Waals surface area contributed by atoms with E-state index in [2.05, 4.69) is 0 Å². The number of hydrogen-bond acceptors (Lipinski definition) is 3. The molecule has 2 nitrogen and oxygen atoms in total. The van der Waals surface area contributed by atoms with Gasteiger partial charge in [0, 0.05) is 33.3 Å². The Balaban J connectivity index is 2.37. The van der Waals surface area contributed by atoms with Crippen molar-refractivity contribution in [3.05, 3.63) is 59.7 Å². The highest BCUT2D eigenvalue weighted by Gasteiger charge is 2.04. The first kappa shape index (κ1) is 11.6. The molecule has 2 aromatic rings. The first-order valence-electron chi connectivity index (χ1n) is 5.22. The quantitative estimate of drug-likeness (QED) is 0.784. The predicted octanol–water partition coefficient (Wildman–Crippen LogP) is 3.83. The summed E-state index contributed by atoms with van der Waals surface area (Å²) in [6.07, 6.45) is 2.71. The van der Waals surface area contributed by atoms with Crippen molar-refractivity contribution in [2.75, 3.05) is 0 Å². The summed E-state index contributed by atoms with van der Waals surface area (Å²) < 4.78 is 0. The lowest BCUT2D eigenvalue weighted by Crippen LogP contribution is -1.87. The molecule has 2 N–H and O–H groups in total. The summed E-state index contributed by atoms with van der Waals surface area (Å²) in [5.74, 6) is 0. The molecule has 0 fully saturated rings. The Kier molecular flexibility index (Phi) is 3.73. The summed E-state index contributed by atoms with van der Waals surface area (Å²) in [4.78, 5) is 2.08. The van der Waals surface area contributed by atoms with Gasteiger partial charge in [-0.3, -0.25) is 0 Å². The van der Waals surface area contributed by atoms with Gasteiger partial charge in [0.25, 0.3) is 0 Å². The van der Waals surface area contributed by atoms with Crippen LogP contribution in [0, 0.1) is 10.8 Å². The van der Waals surface area contributed by atoms with E-state index in [1.807, 2.05) is 48.5 Å². The van der Waals surface area contributed by atoms with Crippen LogP contribution >= 0.6 is 11.8 Å². The normalized spacial score (nSPS) is 9.88. The largest absolute Gasteiger partial charge is 0.308 e. The molecule has 0 spiro atoms. The zero-order valence-electron chi connectivity index (χ0n) is 9.18. The van der Waals surface area contributed by atoms with Crippen LogP contribution in [0.2, 0.25) is 0 Å². The minimum Gasteiger partial charge on any atom is -0.308 e. The van der Waals surface area contributed by atoms with Gasteiger partial charge >= 0.3 is 0 Å². The summed E-state index contributed by atoms with van der Waals surface area (Å²) in [6.45, 7) is 0. The van der Waals surface area contributed by atoms with Crippen LogP contribution in [0.15, 0.2) is 58.3 Å². The molecule has 0 unspecified atom stereocenters. The zero-order valence-corrected chi connectivity index (χ0v) is 10.00. The van der Waals surface area contributed by atoms with Gasteiger partial charge in [0.1, 0.15) is 0 Å². The van der Waals surface area contributed by atoms with Crippen molar-refractivity contribution < 1.29 is 0 Å². The van der Waals surface area contributed by atoms with Crippen molar-refractivity contribution >= 4 is 24.2 Å². The molecule has 0 aliphatic heterocycles. The van der Waals surface area contributed by atoms with Crippen molar-refractivity contribution in [3.63, 3.8) is 0 Å². The van der Waals surface area contributed by atoms with E-state index in [1.165, 1.54) is 12.4 Å². The van der Waals surface area contributed by atoms with Gasteiger partial charge in [-0.1, -0.05) is 48.2 Å². The van der Waals surface area contributed by atoms with Crippen LogP contribution in [0.1, 0.15) is 11.1 Å². The average molecular weight is 240 g/mol. The summed E-state index contributed by atoms with van der Waals surface area (Å²) >= 11 is 1.59. The van der Waals surface area contributed by atoms with Crippen LogP contribution in [0.5, 0.6) is 0 Å². The van der Waals surface area contributed by atoms with E-state index in [-0.39, 0.29) is 0 Å². The minimum atomic E-state index is 0.900. The molecule has 0 aliphatic carbocycles. The standard InChI is InChI=1S/C14H12N2S/c15-9-11-5-1-3-7-13(11)17-14-8-4-2-6-12(14)10-16/h1-10,15-16H. The molecule has 2 aromatic carbocycles. The van der Waals surface area contributed by atoms with E-state index in [0.717, 1.165) is 20.9 Å².